The highest BCUT2D eigenvalue weighted by molar-refractivity contribution is 5.81. The van der Waals surface area contributed by atoms with Crippen molar-refractivity contribution in [1.82, 2.24) is 4.90 Å². The monoisotopic (exact) mass is 262 g/mol. The Labute approximate surface area is 104 Å². The van der Waals surface area contributed by atoms with Gasteiger partial charge >= 0.3 is 17.9 Å². The zero-order valence-electron chi connectivity index (χ0n) is 10.1. The molecule has 0 bridgehead atoms. The van der Waals surface area contributed by atoms with Crippen molar-refractivity contribution in [2.45, 2.75) is 31.8 Å². The molecular formula is C10H18N2O6. The molecule has 0 aliphatic heterocycles. The number of nitrogens with two attached hydrogens (primary N) is 1. The molecule has 0 saturated heterocycles. The summed E-state index contributed by atoms with van der Waals surface area (Å²) in [5.74, 6) is -4.09. The normalized spacial score (nSPS) is 14.2. The van der Waals surface area contributed by atoms with Gasteiger partial charge in [-0.3, -0.25) is 14.5 Å². The van der Waals surface area contributed by atoms with Crippen molar-refractivity contribution >= 4 is 17.9 Å². The highest BCUT2D eigenvalue weighted by Crippen LogP contribution is 2.17. The minimum Gasteiger partial charge on any atom is -0.480 e. The van der Waals surface area contributed by atoms with Crippen LogP contribution in [0, 0.1) is 0 Å². The third-order valence-electron chi connectivity index (χ3n) is 2.50. The first-order valence-electron chi connectivity index (χ1n) is 5.45. The van der Waals surface area contributed by atoms with Gasteiger partial charge in [0.25, 0.3) is 0 Å². The summed E-state index contributed by atoms with van der Waals surface area (Å²) in [5.41, 5.74) is 3.69. The molecule has 0 aliphatic rings. The van der Waals surface area contributed by atoms with E-state index in [-0.39, 0.29) is 6.42 Å². The molecule has 0 saturated carbocycles. The van der Waals surface area contributed by atoms with E-state index in [1.54, 1.807) is 0 Å². The highest BCUT2D eigenvalue weighted by Gasteiger charge is 2.41. The number of unbranched alkanes of at least 4 members (excludes halogenated alkanes) is 1. The van der Waals surface area contributed by atoms with Crippen LogP contribution in [0.25, 0.3) is 0 Å². The summed E-state index contributed by atoms with van der Waals surface area (Å²) >= 11 is 0. The van der Waals surface area contributed by atoms with Crippen molar-refractivity contribution in [2.75, 3.05) is 13.1 Å². The Bertz CT molecular complexity index is 316. The predicted molar refractivity (Wildman–Crippen MR) is 60.9 cm³/mol. The molecule has 0 aromatic heterocycles. The van der Waals surface area contributed by atoms with Crippen LogP contribution >= 0.6 is 0 Å². The van der Waals surface area contributed by atoms with Crippen molar-refractivity contribution in [2.24, 2.45) is 5.73 Å². The molecule has 0 heterocycles. The van der Waals surface area contributed by atoms with Crippen molar-refractivity contribution in [1.29, 1.82) is 0 Å². The van der Waals surface area contributed by atoms with Gasteiger partial charge in [-0.1, -0.05) is 13.3 Å². The van der Waals surface area contributed by atoms with Crippen LogP contribution in [0.5, 0.6) is 0 Å². The Morgan fingerprint density at radius 3 is 1.83 bits per heavy atom. The summed E-state index contributed by atoms with van der Waals surface area (Å²) in [6.45, 7) is 0.346. The number of rotatable bonds is 9. The average molecular weight is 262 g/mol. The number of carbonyl (C=O) groups is 3. The maximum absolute atomic E-state index is 11.2. The fraction of sp³-hybridized carbons (Fsp3) is 0.700. The fourth-order valence-electron chi connectivity index (χ4n) is 1.51. The van der Waals surface area contributed by atoms with Crippen LogP contribution in [0.2, 0.25) is 0 Å². The summed E-state index contributed by atoms with van der Waals surface area (Å²) in [5, 5.41) is 26.5. The van der Waals surface area contributed by atoms with Crippen molar-refractivity contribution in [3.8, 4) is 0 Å². The van der Waals surface area contributed by atoms with E-state index in [0.29, 0.717) is 12.8 Å². The number of aliphatic carboxylic acids is 3. The second-order valence-corrected chi connectivity index (χ2v) is 3.98. The lowest BCUT2D eigenvalue weighted by atomic mass is 10.0. The molecule has 0 spiro atoms. The Kier molecular flexibility index (Phi) is 6.28. The molecule has 0 aliphatic carbocycles. The first kappa shape index (κ1) is 16.3. The maximum Gasteiger partial charge on any atom is 0.338 e. The fourth-order valence-corrected chi connectivity index (χ4v) is 1.51. The standard InChI is InChI=1S/C10H18N2O6/c1-2-3-4-10(11,9(17)18)12(5-7(13)14)6-8(15)16/h2-6,11H2,1H3,(H,13,14)(H,15,16)(H,17,18). The first-order chi connectivity index (χ1) is 8.24. The van der Waals surface area contributed by atoms with Crippen LogP contribution in [0.3, 0.4) is 0 Å². The smallest absolute Gasteiger partial charge is 0.338 e. The minimum absolute atomic E-state index is 0.0145. The van der Waals surface area contributed by atoms with Gasteiger partial charge in [0, 0.05) is 0 Å². The Morgan fingerprint density at radius 2 is 1.56 bits per heavy atom. The SMILES string of the molecule is CCCCC(N)(C(=O)O)N(CC(=O)O)CC(=O)O. The second-order valence-electron chi connectivity index (χ2n) is 3.98. The van der Waals surface area contributed by atoms with E-state index in [9.17, 15) is 14.4 Å². The molecule has 8 heteroatoms. The molecule has 1 atom stereocenters. The number of nitrogens with zero attached hydrogens (tertiary/aromatic N) is 1. The van der Waals surface area contributed by atoms with Gasteiger partial charge in [0.2, 0.25) is 0 Å². The lowest BCUT2D eigenvalue weighted by Crippen LogP contribution is -2.63. The lowest BCUT2D eigenvalue weighted by molar-refractivity contribution is -0.157. The number of carboxylic acids is 3. The van der Waals surface area contributed by atoms with Gasteiger partial charge in [-0.15, -0.1) is 0 Å². The van der Waals surface area contributed by atoms with Crippen LogP contribution in [0.4, 0.5) is 0 Å². The van der Waals surface area contributed by atoms with E-state index < -0.39 is 36.7 Å². The van der Waals surface area contributed by atoms with Gasteiger partial charge in [-0.2, -0.15) is 0 Å². The van der Waals surface area contributed by atoms with E-state index in [1.807, 2.05) is 6.92 Å². The molecule has 8 nitrogen and oxygen atoms in total. The molecule has 5 N–H and O–H groups in total. The Balaban J connectivity index is 5.11. The minimum atomic E-state index is -1.98. The maximum atomic E-state index is 11.2. The second kappa shape index (κ2) is 6.92. The average Bonchev–Trinajstić information content (AvgIpc) is 2.23. The zero-order valence-corrected chi connectivity index (χ0v) is 10.1. The highest BCUT2D eigenvalue weighted by atomic mass is 16.4. The predicted octanol–water partition coefficient (Wildman–Crippen LogP) is -0.613. The van der Waals surface area contributed by atoms with Gasteiger partial charge in [0.05, 0.1) is 13.1 Å². The lowest BCUT2D eigenvalue weighted by Gasteiger charge is -2.35. The van der Waals surface area contributed by atoms with Crippen LogP contribution < -0.4 is 5.73 Å². The third-order valence-corrected chi connectivity index (χ3v) is 2.50. The van der Waals surface area contributed by atoms with E-state index in [4.69, 9.17) is 21.1 Å². The zero-order chi connectivity index (χ0) is 14.3. The van der Waals surface area contributed by atoms with Gasteiger partial charge in [0.1, 0.15) is 0 Å². The molecule has 0 aromatic rings. The third kappa shape index (κ3) is 4.68. The van der Waals surface area contributed by atoms with Gasteiger partial charge in [-0.05, 0) is 12.8 Å². The summed E-state index contributed by atoms with van der Waals surface area (Å²) in [7, 11) is 0. The molecule has 1 unspecified atom stereocenters. The Hall–Kier alpha value is -1.67. The molecule has 18 heavy (non-hydrogen) atoms. The van der Waals surface area contributed by atoms with Gasteiger partial charge in [-0.25, -0.2) is 4.79 Å². The van der Waals surface area contributed by atoms with Crippen molar-refractivity contribution in [3.63, 3.8) is 0 Å². The van der Waals surface area contributed by atoms with Crippen LogP contribution in [0.1, 0.15) is 26.2 Å². The van der Waals surface area contributed by atoms with Gasteiger partial charge in [0.15, 0.2) is 5.66 Å². The van der Waals surface area contributed by atoms with Crippen molar-refractivity contribution in [3.05, 3.63) is 0 Å². The Morgan fingerprint density at radius 1 is 1.11 bits per heavy atom. The molecule has 0 aromatic carbocycles. The summed E-state index contributed by atoms with van der Waals surface area (Å²) in [6, 6.07) is 0. The quantitative estimate of drug-likeness (QED) is 0.403. The summed E-state index contributed by atoms with van der Waals surface area (Å²) in [4.78, 5) is 33.2. The molecule has 0 rings (SSSR count). The first-order valence-corrected chi connectivity index (χ1v) is 5.45. The van der Waals surface area contributed by atoms with Crippen LogP contribution in [-0.2, 0) is 14.4 Å². The molecule has 104 valence electrons. The van der Waals surface area contributed by atoms with E-state index >= 15 is 0 Å². The topological polar surface area (TPSA) is 141 Å². The van der Waals surface area contributed by atoms with Crippen molar-refractivity contribution < 1.29 is 29.7 Å². The van der Waals surface area contributed by atoms with Gasteiger partial charge < -0.3 is 21.1 Å². The van der Waals surface area contributed by atoms with E-state index in [1.165, 1.54) is 0 Å². The molecular weight excluding hydrogens is 244 g/mol. The van der Waals surface area contributed by atoms with Crippen LogP contribution in [-0.4, -0.2) is 56.9 Å². The number of hydrogen-bond acceptors (Lipinski definition) is 5. The molecule has 0 radical (unpaired) electrons. The number of carboxylic acid groups (broad SMARTS) is 3. The molecule has 0 fully saturated rings. The van der Waals surface area contributed by atoms with Crippen LogP contribution in [0.15, 0.2) is 0 Å². The summed E-state index contributed by atoms with van der Waals surface area (Å²) in [6.07, 6.45) is 1.11. The molecule has 0 amide bonds. The van der Waals surface area contributed by atoms with E-state index in [0.717, 1.165) is 4.90 Å². The largest absolute Gasteiger partial charge is 0.480 e. The van der Waals surface area contributed by atoms with E-state index in [2.05, 4.69) is 0 Å². The summed E-state index contributed by atoms with van der Waals surface area (Å²) < 4.78 is 0. The number of hydrogen-bond donors (Lipinski definition) is 4.